The third-order valence-electron chi connectivity index (χ3n) is 4.25. The van der Waals surface area contributed by atoms with Gasteiger partial charge in [-0.3, -0.25) is 9.10 Å². The number of nitrogens with one attached hydrogen (secondary N) is 1. The van der Waals surface area contributed by atoms with Crippen molar-refractivity contribution in [2.24, 2.45) is 0 Å². The number of anilines is 1. The Hall–Kier alpha value is -2.34. The molecule has 1 atom stereocenters. The molecule has 0 bridgehead atoms. The molecule has 0 heterocycles. The smallest absolute Gasteiger partial charge is 0.241 e. The first-order chi connectivity index (χ1) is 12.2. The molecule has 2 aromatic rings. The summed E-state index contributed by atoms with van der Waals surface area (Å²) >= 11 is 0. The minimum absolute atomic E-state index is 0.149. The molecule has 0 spiro atoms. The molecule has 140 valence electrons. The number of hydrogen-bond acceptors (Lipinski definition) is 3. The highest BCUT2D eigenvalue weighted by atomic mass is 32.2. The summed E-state index contributed by atoms with van der Waals surface area (Å²) in [6, 6.07) is 15.0. The van der Waals surface area contributed by atoms with E-state index in [1.54, 1.807) is 6.07 Å². The van der Waals surface area contributed by atoms with Crippen LogP contribution in [-0.2, 0) is 14.8 Å². The largest absolute Gasteiger partial charge is 0.348 e. The van der Waals surface area contributed by atoms with Crippen molar-refractivity contribution in [1.29, 1.82) is 0 Å². The van der Waals surface area contributed by atoms with Gasteiger partial charge < -0.3 is 5.32 Å². The summed E-state index contributed by atoms with van der Waals surface area (Å²) in [6.45, 7) is 5.53. The standard InChI is InChI=1S/C20H26N2O3S/c1-5-18(17-9-7-6-8-10-17)21-20(23)14-22(26(4,24)25)19-12-11-15(2)13-16(19)3/h6-13,18H,5,14H2,1-4H3,(H,21,23)/t18-/m0/s1. The van der Waals surface area contributed by atoms with Crippen molar-refractivity contribution in [2.75, 3.05) is 17.1 Å². The van der Waals surface area contributed by atoms with Crippen LogP contribution in [0.4, 0.5) is 5.69 Å². The van der Waals surface area contributed by atoms with E-state index < -0.39 is 10.0 Å². The number of aryl methyl sites for hydroxylation is 2. The fraction of sp³-hybridized carbons (Fsp3) is 0.350. The second-order valence-electron chi connectivity index (χ2n) is 6.50. The van der Waals surface area contributed by atoms with E-state index >= 15 is 0 Å². The zero-order valence-corrected chi connectivity index (χ0v) is 16.5. The van der Waals surface area contributed by atoms with Gasteiger partial charge >= 0.3 is 0 Å². The summed E-state index contributed by atoms with van der Waals surface area (Å²) in [6.07, 6.45) is 1.84. The van der Waals surface area contributed by atoms with Crippen molar-refractivity contribution in [3.8, 4) is 0 Å². The van der Waals surface area contributed by atoms with E-state index in [1.165, 1.54) is 0 Å². The highest BCUT2D eigenvalue weighted by Gasteiger charge is 2.23. The van der Waals surface area contributed by atoms with E-state index in [-0.39, 0.29) is 18.5 Å². The number of rotatable bonds is 7. The molecule has 0 saturated heterocycles. The lowest BCUT2D eigenvalue weighted by atomic mass is 10.0. The summed E-state index contributed by atoms with van der Waals surface area (Å²) in [7, 11) is -3.58. The zero-order chi connectivity index (χ0) is 19.3. The summed E-state index contributed by atoms with van der Waals surface area (Å²) in [4.78, 5) is 12.6. The van der Waals surface area contributed by atoms with E-state index in [9.17, 15) is 13.2 Å². The quantitative estimate of drug-likeness (QED) is 0.808. The SMILES string of the molecule is CC[C@H](NC(=O)CN(c1ccc(C)cc1C)S(C)(=O)=O)c1ccccc1. The maximum Gasteiger partial charge on any atom is 0.241 e. The van der Waals surface area contributed by atoms with Crippen molar-refractivity contribution < 1.29 is 13.2 Å². The van der Waals surface area contributed by atoms with Crippen LogP contribution in [0, 0.1) is 13.8 Å². The van der Waals surface area contributed by atoms with E-state index in [4.69, 9.17) is 0 Å². The van der Waals surface area contributed by atoms with Crippen molar-refractivity contribution >= 4 is 21.6 Å². The van der Waals surface area contributed by atoms with Crippen LogP contribution < -0.4 is 9.62 Å². The van der Waals surface area contributed by atoms with Crippen LogP contribution in [0.5, 0.6) is 0 Å². The van der Waals surface area contributed by atoms with E-state index in [0.29, 0.717) is 5.69 Å². The second-order valence-corrected chi connectivity index (χ2v) is 8.41. The molecule has 2 rings (SSSR count). The van der Waals surface area contributed by atoms with Gasteiger partial charge in [0.1, 0.15) is 6.54 Å². The van der Waals surface area contributed by atoms with Crippen molar-refractivity contribution in [3.05, 3.63) is 65.2 Å². The fourth-order valence-corrected chi connectivity index (χ4v) is 3.86. The predicted octanol–water partition coefficient (Wildman–Crippen LogP) is 3.34. The maximum absolute atomic E-state index is 12.6. The van der Waals surface area contributed by atoms with Crippen molar-refractivity contribution in [1.82, 2.24) is 5.32 Å². The Bertz CT molecular complexity index is 864. The average Bonchev–Trinajstić information content (AvgIpc) is 2.58. The molecule has 0 aliphatic rings. The topological polar surface area (TPSA) is 66.5 Å². The van der Waals surface area contributed by atoms with Crippen LogP contribution in [0.1, 0.15) is 36.1 Å². The van der Waals surface area contributed by atoms with Crippen LogP contribution in [0.3, 0.4) is 0 Å². The molecule has 0 aliphatic heterocycles. The first-order valence-corrected chi connectivity index (χ1v) is 10.5. The molecular formula is C20H26N2O3S. The minimum Gasteiger partial charge on any atom is -0.348 e. The van der Waals surface area contributed by atoms with Crippen molar-refractivity contribution in [3.63, 3.8) is 0 Å². The Morgan fingerprint density at radius 1 is 1.12 bits per heavy atom. The van der Waals surface area contributed by atoms with Crippen LogP contribution in [0.15, 0.2) is 48.5 Å². The summed E-state index contributed by atoms with van der Waals surface area (Å²) in [5, 5.41) is 2.94. The maximum atomic E-state index is 12.6. The van der Waals surface area contributed by atoms with Crippen LogP contribution in [-0.4, -0.2) is 27.1 Å². The van der Waals surface area contributed by atoms with E-state index in [2.05, 4.69) is 5.32 Å². The van der Waals surface area contributed by atoms with Gasteiger partial charge in [-0.1, -0.05) is 55.0 Å². The average molecular weight is 375 g/mol. The van der Waals surface area contributed by atoms with Crippen LogP contribution in [0.2, 0.25) is 0 Å². The number of amides is 1. The highest BCUT2D eigenvalue weighted by molar-refractivity contribution is 7.92. The van der Waals surface area contributed by atoms with Gasteiger partial charge in [0.25, 0.3) is 0 Å². The summed E-state index contributed by atoms with van der Waals surface area (Å²) in [5.74, 6) is -0.328. The van der Waals surface area contributed by atoms with Gasteiger partial charge in [0.05, 0.1) is 18.0 Å². The zero-order valence-electron chi connectivity index (χ0n) is 15.7. The number of nitrogens with zero attached hydrogens (tertiary/aromatic N) is 1. The molecule has 0 unspecified atom stereocenters. The van der Waals surface area contributed by atoms with Crippen LogP contribution >= 0.6 is 0 Å². The van der Waals surface area contributed by atoms with Gasteiger partial charge in [-0.25, -0.2) is 8.42 Å². The van der Waals surface area contributed by atoms with Gasteiger partial charge in [-0.2, -0.15) is 0 Å². The molecule has 0 aromatic heterocycles. The van der Waals surface area contributed by atoms with Gasteiger partial charge in [0.15, 0.2) is 0 Å². The van der Waals surface area contributed by atoms with Crippen molar-refractivity contribution in [2.45, 2.75) is 33.2 Å². The first kappa shape index (κ1) is 20.0. The fourth-order valence-electron chi connectivity index (χ4n) is 2.94. The molecular weight excluding hydrogens is 348 g/mol. The Kier molecular flexibility index (Phi) is 6.42. The molecule has 26 heavy (non-hydrogen) atoms. The number of hydrogen-bond donors (Lipinski definition) is 1. The molecule has 1 N–H and O–H groups in total. The molecule has 0 radical (unpaired) electrons. The molecule has 0 aliphatic carbocycles. The second kappa shape index (κ2) is 8.36. The molecule has 1 amide bonds. The third kappa shape index (κ3) is 5.08. The minimum atomic E-state index is -3.58. The third-order valence-corrected chi connectivity index (χ3v) is 5.38. The summed E-state index contributed by atoms with van der Waals surface area (Å²) in [5.41, 5.74) is 3.39. The predicted molar refractivity (Wildman–Crippen MR) is 106 cm³/mol. The lowest BCUT2D eigenvalue weighted by Gasteiger charge is -2.25. The Balaban J connectivity index is 2.22. The van der Waals surface area contributed by atoms with Gasteiger partial charge in [-0.05, 0) is 37.5 Å². The Morgan fingerprint density at radius 2 is 1.77 bits per heavy atom. The number of carbonyl (C=O) groups excluding carboxylic acids is 1. The lowest BCUT2D eigenvalue weighted by Crippen LogP contribution is -2.41. The van der Waals surface area contributed by atoms with Crippen LogP contribution in [0.25, 0.3) is 0 Å². The monoisotopic (exact) mass is 374 g/mol. The molecule has 0 fully saturated rings. The molecule has 6 heteroatoms. The normalized spacial score (nSPS) is 12.5. The molecule has 0 saturated carbocycles. The van der Waals surface area contributed by atoms with Gasteiger partial charge in [0.2, 0.25) is 15.9 Å². The number of sulfonamides is 1. The van der Waals surface area contributed by atoms with E-state index in [1.807, 2.05) is 63.2 Å². The highest BCUT2D eigenvalue weighted by Crippen LogP contribution is 2.23. The number of carbonyl (C=O) groups is 1. The number of benzene rings is 2. The molecule has 5 nitrogen and oxygen atoms in total. The summed E-state index contributed by atoms with van der Waals surface area (Å²) < 4.78 is 25.7. The lowest BCUT2D eigenvalue weighted by molar-refractivity contribution is -0.120. The van der Waals surface area contributed by atoms with Gasteiger partial charge in [-0.15, -0.1) is 0 Å². The van der Waals surface area contributed by atoms with E-state index in [0.717, 1.165) is 33.7 Å². The Morgan fingerprint density at radius 3 is 2.31 bits per heavy atom. The first-order valence-electron chi connectivity index (χ1n) is 8.61. The molecule has 2 aromatic carbocycles. The van der Waals surface area contributed by atoms with Gasteiger partial charge in [0, 0.05) is 0 Å². The Labute approximate surface area is 156 Å².